The van der Waals surface area contributed by atoms with Crippen LogP contribution in [0.25, 0.3) is 5.57 Å². The Labute approximate surface area is 193 Å². The maximum atomic E-state index is 13.8. The van der Waals surface area contributed by atoms with Gasteiger partial charge in [-0.2, -0.15) is 0 Å². The summed E-state index contributed by atoms with van der Waals surface area (Å²) in [5.41, 5.74) is 3.68. The molecule has 0 spiro atoms. The quantitative estimate of drug-likeness (QED) is 0.488. The van der Waals surface area contributed by atoms with E-state index in [1.165, 1.54) is 4.90 Å². The zero-order chi connectivity index (χ0) is 22.8. The van der Waals surface area contributed by atoms with Crippen LogP contribution in [0.2, 0.25) is 5.02 Å². The van der Waals surface area contributed by atoms with Crippen LogP contribution in [-0.2, 0) is 9.59 Å². The van der Waals surface area contributed by atoms with Gasteiger partial charge in [-0.05, 0) is 55.0 Å². The second kappa shape index (κ2) is 8.89. The third kappa shape index (κ3) is 3.87. The molecule has 0 fully saturated rings. The lowest BCUT2D eigenvalue weighted by atomic mass is 10.0. The number of benzene rings is 3. The topological polar surface area (TPSA) is 43.9 Å². The Hall–Kier alpha value is -3.57. The number of nitrogens with zero attached hydrogens (tertiary/aromatic N) is 3. The first-order valence-electron chi connectivity index (χ1n) is 10.4. The fraction of sp³-hybridized carbons (Fsp3) is 0.154. The molecule has 32 heavy (non-hydrogen) atoms. The molecule has 0 N–H and O–H groups in total. The van der Waals surface area contributed by atoms with Gasteiger partial charge in [0, 0.05) is 37.0 Å². The highest BCUT2D eigenvalue weighted by Gasteiger charge is 2.42. The lowest BCUT2D eigenvalue weighted by Gasteiger charge is -2.25. The fourth-order valence-electron chi connectivity index (χ4n) is 3.87. The molecule has 1 heterocycles. The first-order valence-corrected chi connectivity index (χ1v) is 10.8. The van der Waals surface area contributed by atoms with Gasteiger partial charge in [0.2, 0.25) is 0 Å². The predicted octanol–water partition coefficient (Wildman–Crippen LogP) is 5.22. The lowest BCUT2D eigenvalue weighted by Crippen LogP contribution is -2.35. The molecular weight excluding hydrogens is 422 g/mol. The zero-order valence-electron chi connectivity index (χ0n) is 18.2. The number of amides is 2. The predicted molar refractivity (Wildman–Crippen MR) is 131 cm³/mol. The van der Waals surface area contributed by atoms with Gasteiger partial charge in [0.15, 0.2) is 0 Å². The molecule has 0 bridgehead atoms. The van der Waals surface area contributed by atoms with Crippen LogP contribution in [0.1, 0.15) is 12.5 Å². The van der Waals surface area contributed by atoms with Crippen LogP contribution in [0, 0.1) is 0 Å². The number of rotatable bonds is 6. The van der Waals surface area contributed by atoms with E-state index in [0.29, 0.717) is 34.1 Å². The van der Waals surface area contributed by atoms with Crippen LogP contribution < -0.4 is 14.7 Å². The number of hydrogen-bond donors (Lipinski definition) is 0. The number of para-hydroxylation sites is 1. The summed E-state index contributed by atoms with van der Waals surface area (Å²) in [4.78, 5) is 32.6. The number of hydrogen-bond acceptors (Lipinski definition) is 4. The number of imide groups is 1. The monoisotopic (exact) mass is 445 g/mol. The third-order valence-electron chi connectivity index (χ3n) is 5.45. The minimum Gasteiger partial charge on any atom is -0.378 e. The van der Waals surface area contributed by atoms with Gasteiger partial charge in [0.1, 0.15) is 5.70 Å². The maximum Gasteiger partial charge on any atom is 0.282 e. The summed E-state index contributed by atoms with van der Waals surface area (Å²) >= 11 is 6.08. The standard InChI is InChI=1S/C26H24ClN3O2/c1-4-29(20-9-6-5-7-10-20)24-23(18-13-15-19(27)16-14-18)25(31)30(26(24)32)22-12-8-11-21(17-22)28(2)3/h5-17H,4H2,1-3H3. The largest absolute Gasteiger partial charge is 0.378 e. The van der Waals surface area contributed by atoms with Crippen molar-refractivity contribution in [2.45, 2.75) is 6.92 Å². The van der Waals surface area contributed by atoms with Crippen LogP contribution in [0.15, 0.2) is 84.6 Å². The first-order chi connectivity index (χ1) is 15.4. The van der Waals surface area contributed by atoms with Gasteiger partial charge < -0.3 is 9.80 Å². The molecule has 1 aliphatic rings. The Balaban J connectivity index is 1.89. The minimum atomic E-state index is -0.349. The molecule has 0 unspecified atom stereocenters. The fourth-order valence-corrected chi connectivity index (χ4v) is 3.99. The Bertz CT molecular complexity index is 1190. The van der Waals surface area contributed by atoms with Crippen molar-refractivity contribution >= 4 is 46.1 Å². The van der Waals surface area contributed by atoms with E-state index in [4.69, 9.17) is 11.6 Å². The summed E-state index contributed by atoms with van der Waals surface area (Å²) < 4.78 is 0. The van der Waals surface area contributed by atoms with Crippen molar-refractivity contribution in [2.75, 3.05) is 35.3 Å². The Morgan fingerprint density at radius 1 is 0.812 bits per heavy atom. The van der Waals surface area contributed by atoms with Crippen molar-refractivity contribution in [3.8, 4) is 0 Å². The van der Waals surface area contributed by atoms with E-state index in [9.17, 15) is 9.59 Å². The summed E-state index contributed by atoms with van der Waals surface area (Å²) in [5.74, 6) is -0.695. The smallest absolute Gasteiger partial charge is 0.282 e. The summed E-state index contributed by atoms with van der Waals surface area (Å²) in [6.45, 7) is 2.49. The molecule has 2 amide bonds. The molecule has 3 aromatic rings. The minimum absolute atomic E-state index is 0.346. The molecule has 5 nitrogen and oxygen atoms in total. The highest BCUT2D eigenvalue weighted by molar-refractivity contribution is 6.46. The van der Waals surface area contributed by atoms with E-state index in [1.54, 1.807) is 30.3 Å². The molecule has 6 heteroatoms. The molecule has 3 aromatic carbocycles. The summed E-state index contributed by atoms with van der Waals surface area (Å²) in [7, 11) is 3.84. The number of carbonyl (C=O) groups is 2. The van der Waals surface area contributed by atoms with E-state index in [1.807, 2.05) is 79.3 Å². The van der Waals surface area contributed by atoms with Crippen LogP contribution >= 0.6 is 11.6 Å². The van der Waals surface area contributed by atoms with Gasteiger partial charge in [0.25, 0.3) is 11.8 Å². The Kier molecular flexibility index (Phi) is 6.01. The van der Waals surface area contributed by atoms with Gasteiger partial charge in [0.05, 0.1) is 11.3 Å². The highest BCUT2D eigenvalue weighted by Crippen LogP contribution is 2.37. The molecule has 4 rings (SSSR count). The van der Waals surface area contributed by atoms with E-state index in [-0.39, 0.29) is 11.8 Å². The van der Waals surface area contributed by atoms with Crippen molar-refractivity contribution in [3.05, 3.63) is 95.1 Å². The third-order valence-corrected chi connectivity index (χ3v) is 5.70. The molecule has 0 atom stereocenters. The molecule has 0 radical (unpaired) electrons. The molecule has 0 saturated carbocycles. The van der Waals surface area contributed by atoms with E-state index < -0.39 is 0 Å². The molecule has 0 saturated heterocycles. The van der Waals surface area contributed by atoms with Crippen molar-refractivity contribution in [1.29, 1.82) is 0 Å². The lowest BCUT2D eigenvalue weighted by molar-refractivity contribution is -0.120. The number of anilines is 3. The summed E-state index contributed by atoms with van der Waals surface area (Å²) in [6.07, 6.45) is 0. The van der Waals surface area contributed by atoms with E-state index >= 15 is 0 Å². The second-order valence-corrected chi connectivity index (χ2v) is 8.11. The van der Waals surface area contributed by atoms with Gasteiger partial charge >= 0.3 is 0 Å². The Morgan fingerprint density at radius 3 is 2.09 bits per heavy atom. The normalized spacial score (nSPS) is 13.7. The maximum absolute atomic E-state index is 13.8. The number of carbonyl (C=O) groups excluding carboxylic acids is 2. The van der Waals surface area contributed by atoms with Crippen molar-refractivity contribution in [2.24, 2.45) is 0 Å². The molecular formula is C26H24ClN3O2. The van der Waals surface area contributed by atoms with E-state index in [0.717, 1.165) is 11.4 Å². The van der Waals surface area contributed by atoms with Crippen LogP contribution in [0.5, 0.6) is 0 Å². The van der Waals surface area contributed by atoms with E-state index in [2.05, 4.69) is 0 Å². The average Bonchev–Trinajstić information content (AvgIpc) is 3.06. The van der Waals surface area contributed by atoms with Crippen LogP contribution in [-0.4, -0.2) is 32.5 Å². The first kappa shape index (κ1) is 21.7. The van der Waals surface area contributed by atoms with Gasteiger partial charge in [-0.25, -0.2) is 4.90 Å². The van der Waals surface area contributed by atoms with Crippen molar-refractivity contribution in [1.82, 2.24) is 0 Å². The van der Waals surface area contributed by atoms with Crippen LogP contribution in [0.4, 0.5) is 17.1 Å². The van der Waals surface area contributed by atoms with Gasteiger partial charge in [-0.1, -0.05) is 48.0 Å². The van der Waals surface area contributed by atoms with Crippen molar-refractivity contribution in [3.63, 3.8) is 0 Å². The summed E-state index contributed by atoms with van der Waals surface area (Å²) in [5, 5.41) is 0.568. The zero-order valence-corrected chi connectivity index (χ0v) is 19.0. The molecule has 0 aliphatic carbocycles. The Morgan fingerprint density at radius 2 is 1.47 bits per heavy atom. The van der Waals surface area contributed by atoms with Crippen LogP contribution in [0.3, 0.4) is 0 Å². The van der Waals surface area contributed by atoms with Gasteiger partial charge in [-0.15, -0.1) is 0 Å². The molecule has 162 valence electrons. The van der Waals surface area contributed by atoms with Crippen molar-refractivity contribution < 1.29 is 9.59 Å². The molecule has 0 aromatic heterocycles. The number of likely N-dealkylation sites (N-methyl/N-ethyl adjacent to an activating group) is 1. The summed E-state index contributed by atoms with van der Waals surface area (Å²) in [6, 6.07) is 24.1. The second-order valence-electron chi connectivity index (χ2n) is 7.67. The highest BCUT2D eigenvalue weighted by atomic mass is 35.5. The number of halogens is 1. The SMILES string of the molecule is CCN(C1=C(c2ccc(Cl)cc2)C(=O)N(c2cccc(N(C)C)c2)C1=O)c1ccccc1. The average molecular weight is 446 g/mol. The van der Waals surface area contributed by atoms with Gasteiger partial charge in [-0.3, -0.25) is 9.59 Å². The molecule has 1 aliphatic heterocycles.